The molecule has 7 heteroatoms. The summed E-state index contributed by atoms with van der Waals surface area (Å²) in [6, 6.07) is 4.44. The molecule has 1 atom stereocenters. The first-order chi connectivity index (χ1) is 8.91. The van der Waals surface area contributed by atoms with E-state index in [2.05, 4.69) is 15.3 Å². The Balaban J connectivity index is 2.20. The third kappa shape index (κ3) is 3.00. The molecule has 0 fully saturated rings. The molecule has 0 saturated carbocycles. The molecule has 2 aromatic rings. The second-order valence-electron chi connectivity index (χ2n) is 4.75. The lowest BCUT2D eigenvalue weighted by Gasteiger charge is -2.21. The molecule has 19 heavy (non-hydrogen) atoms. The summed E-state index contributed by atoms with van der Waals surface area (Å²) in [7, 11) is 0. The molecule has 0 amide bonds. The molecule has 0 aliphatic rings. The molecule has 0 radical (unpaired) electrons. The number of anilines is 1. The van der Waals surface area contributed by atoms with Gasteiger partial charge >= 0.3 is 0 Å². The van der Waals surface area contributed by atoms with Crippen LogP contribution < -0.4 is 5.32 Å². The zero-order valence-electron chi connectivity index (χ0n) is 10.8. The number of nitrogens with zero attached hydrogens (tertiary/aromatic N) is 2. The maximum Gasteiger partial charge on any atom is 0.271 e. The van der Waals surface area contributed by atoms with E-state index in [1.165, 1.54) is 12.1 Å². The van der Waals surface area contributed by atoms with Crippen LogP contribution in [0.25, 0.3) is 11.0 Å². The molecular formula is C12H16N4O3. The van der Waals surface area contributed by atoms with E-state index in [0.717, 1.165) is 0 Å². The first kappa shape index (κ1) is 13.3. The molecule has 0 aliphatic carbocycles. The van der Waals surface area contributed by atoms with Crippen molar-refractivity contribution in [3.63, 3.8) is 0 Å². The van der Waals surface area contributed by atoms with Crippen LogP contribution in [-0.2, 0) is 0 Å². The molecule has 1 aromatic carbocycles. The maximum absolute atomic E-state index is 10.7. The quantitative estimate of drug-likeness (QED) is 0.566. The molecule has 2 rings (SSSR count). The lowest BCUT2D eigenvalue weighted by molar-refractivity contribution is -0.384. The topological polar surface area (TPSA) is 104 Å². The summed E-state index contributed by atoms with van der Waals surface area (Å²) in [5.74, 6) is 0.490. The Morgan fingerprint density at radius 3 is 2.95 bits per heavy atom. The van der Waals surface area contributed by atoms with Crippen LogP contribution >= 0.6 is 0 Å². The lowest BCUT2D eigenvalue weighted by Crippen LogP contribution is -2.32. The first-order valence-corrected chi connectivity index (χ1v) is 6.02. The van der Waals surface area contributed by atoms with E-state index >= 15 is 0 Å². The van der Waals surface area contributed by atoms with Crippen LogP contribution in [-0.4, -0.2) is 32.1 Å². The highest BCUT2D eigenvalue weighted by molar-refractivity contribution is 5.79. The third-order valence-corrected chi connectivity index (χ3v) is 3.07. The van der Waals surface area contributed by atoms with Crippen molar-refractivity contribution in [3.8, 4) is 0 Å². The Morgan fingerprint density at radius 2 is 2.32 bits per heavy atom. The minimum Gasteiger partial charge on any atom is -0.388 e. The fourth-order valence-corrected chi connectivity index (χ4v) is 1.59. The van der Waals surface area contributed by atoms with Gasteiger partial charge in [-0.2, -0.15) is 0 Å². The van der Waals surface area contributed by atoms with Crippen molar-refractivity contribution in [1.29, 1.82) is 0 Å². The highest BCUT2D eigenvalue weighted by atomic mass is 16.6. The van der Waals surface area contributed by atoms with Gasteiger partial charge in [-0.1, -0.05) is 6.92 Å². The van der Waals surface area contributed by atoms with Gasteiger partial charge in [0, 0.05) is 18.7 Å². The summed E-state index contributed by atoms with van der Waals surface area (Å²) in [6.07, 6.45) is 0.617. The van der Waals surface area contributed by atoms with Gasteiger partial charge in [0.25, 0.3) is 5.69 Å². The van der Waals surface area contributed by atoms with Gasteiger partial charge in [-0.05, 0) is 19.4 Å². The van der Waals surface area contributed by atoms with Crippen molar-refractivity contribution in [2.75, 3.05) is 11.9 Å². The minimum atomic E-state index is -0.815. The van der Waals surface area contributed by atoms with Crippen LogP contribution in [0, 0.1) is 10.1 Å². The van der Waals surface area contributed by atoms with E-state index < -0.39 is 10.5 Å². The standard InChI is InChI=1S/C12H16N4O3/c1-3-12(2,17)7-13-11-14-9-5-4-8(16(18)19)6-10(9)15-11/h4-6,17H,3,7H2,1-2H3,(H2,13,14,15). The van der Waals surface area contributed by atoms with Crippen LogP contribution in [0.1, 0.15) is 20.3 Å². The number of imidazole rings is 1. The summed E-state index contributed by atoms with van der Waals surface area (Å²) in [5, 5.41) is 23.5. The Morgan fingerprint density at radius 1 is 1.58 bits per heavy atom. The minimum absolute atomic E-state index is 0.0169. The Hall–Kier alpha value is -2.15. The molecule has 0 bridgehead atoms. The number of nitro groups is 1. The highest BCUT2D eigenvalue weighted by Gasteiger charge is 2.18. The van der Waals surface area contributed by atoms with Crippen LogP contribution in [0.5, 0.6) is 0 Å². The molecule has 0 spiro atoms. The molecule has 1 unspecified atom stereocenters. The fourth-order valence-electron chi connectivity index (χ4n) is 1.59. The summed E-state index contributed by atoms with van der Waals surface area (Å²) in [5.41, 5.74) is 0.436. The van der Waals surface area contributed by atoms with Crippen molar-refractivity contribution in [1.82, 2.24) is 9.97 Å². The Labute approximate surface area is 109 Å². The monoisotopic (exact) mass is 264 g/mol. The van der Waals surface area contributed by atoms with E-state index in [1.54, 1.807) is 13.0 Å². The summed E-state index contributed by atoms with van der Waals surface area (Å²) in [4.78, 5) is 17.4. The molecule has 7 nitrogen and oxygen atoms in total. The van der Waals surface area contributed by atoms with Crippen molar-refractivity contribution in [3.05, 3.63) is 28.3 Å². The number of H-pyrrole nitrogens is 1. The van der Waals surface area contributed by atoms with Gasteiger partial charge in [-0.3, -0.25) is 10.1 Å². The number of benzene rings is 1. The van der Waals surface area contributed by atoms with Crippen LogP contribution in [0.2, 0.25) is 0 Å². The van der Waals surface area contributed by atoms with E-state index in [1.807, 2.05) is 6.92 Å². The lowest BCUT2D eigenvalue weighted by atomic mass is 10.0. The van der Waals surface area contributed by atoms with Gasteiger partial charge in [0.05, 0.1) is 21.6 Å². The summed E-state index contributed by atoms with van der Waals surface area (Å²) >= 11 is 0. The van der Waals surface area contributed by atoms with E-state index in [9.17, 15) is 15.2 Å². The Kier molecular flexibility index (Phi) is 3.39. The SMILES string of the molecule is CCC(C)(O)CNc1nc2ccc([N+](=O)[O-])cc2[nH]1. The number of aliphatic hydroxyl groups is 1. The predicted molar refractivity (Wildman–Crippen MR) is 72.2 cm³/mol. The number of fused-ring (bicyclic) bond motifs is 1. The molecule has 3 N–H and O–H groups in total. The average Bonchev–Trinajstić information content (AvgIpc) is 2.78. The van der Waals surface area contributed by atoms with Gasteiger partial charge in [0.1, 0.15) is 0 Å². The molecule has 1 heterocycles. The fraction of sp³-hybridized carbons (Fsp3) is 0.417. The van der Waals surface area contributed by atoms with Crippen LogP contribution in [0.15, 0.2) is 18.2 Å². The molecule has 0 saturated heterocycles. The van der Waals surface area contributed by atoms with Crippen LogP contribution in [0.4, 0.5) is 11.6 Å². The van der Waals surface area contributed by atoms with Gasteiger partial charge in [-0.15, -0.1) is 0 Å². The van der Waals surface area contributed by atoms with Gasteiger partial charge in [0.2, 0.25) is 5.95 Å². The van der Waals surface area contributed by atoms with Crippen molar-refractivity contribution in [2.24, 2.45) is 0 Å². The molecular weight excluding hydrogens is 248 g/mol. The van der Waals surface area contributed by atoms with Crippen molar-refractivity contribution >= 4 is 22.7 Å². The van der Waals surface area contributed by atoms with Gasteiger partial charge in [-0.25, -0.2) is 4.98 Å². The Bertz CT molecular complexity index is 606. The largest absolute Gasteiger partial charge is 0.388 e. The smallest absolute Gasteiger partial charge is 0.271 e. The zero-order valence-corrected chi connectivity index (χ0v) is 10.8. The zero-order chi connectivity index (χ0) is 14.0. The number of aromatic amines is 1. The first-order valence-electron chi connectivity index (χ1n) is 6.02. The molecule has 1 aromatic heterocycles. The van der Waals surface area contributed by atoms with Crippen molar-refractivity contribution in [2.45, 2.75) is 25.9 Å². The predicted octanol–water partition coefficient (Wildman–Crippen LogP) is 2.04. The molecule has 0 aliphatic heterocycles. The third-order valence-electron chi connectivity index (χ3n) is 3.07. The maximum atomic E-state index is 10.7. The molecule has 102 valence electrons. The second kappa shape index (κ2) is 4.85. The van der Waals surface area contributed by atoms with Gasteiger partial charge in [0.15, 0.2) is 0 Å². The van der Waals surface area contributed by atoms with Crippen molar-refractivity contribution < 1.29 is 10.0 Å². The van der Waals surface area contributed by atoms with Gasteiger partial charge < -0.3 is 15.4 Å². The highest BCUT2D eigenvalue weighted by Crippen LogP contribution is 2.20. The number of non-ortho nitro benzene ring substituents is 1. The summed E-state index contributed by atoms with van der Waals surface area (Å²) < 4.78 is 0. The van der Waals surface area contributed by atoms with E-state index in [4.69, 9.17) is 0 Å². The second-order valence-corrected chi connectivity index (χ2v) is 4.75. The number of rotatable bonds is 5. The number of hydrogen-bond donors (Lipinski definition) is 3. The summed E-state index contributed by atoms with van der Waals surface area (Å²) in [6.45, 7) is 3.97. The normalized spacial score (nSPS) is 14.3. The average molecular weight is 264 g/mol. The number of hydrogen-bond acceptors (Lipinski definition) is 5. The number of nitro benzene ring substituents is 1. The van der Waals surface area contributed by atoms with Crippen LogP contribution in [0.3, 0.4) is 0 Å². The van der Waals surface area contributed by atoms with E-state index in [-0.39, 0.29) is 5.69 Å². The number of aromatic nitrogens is 2. The number of nitrogens with one attached hydrogen (secondary N) is 2. The van der Waals surface area contributed by atoms with E-state index in [0.29, 0.717) is 29.9 Å².